The maximum Gasteiger partial charge on any atom is 0.166 e. The highest BCUT2D eigenvalue weighted by molar-refractivity contribution is 6.00. The van der Waals surface area contributed by atoms with Gasteiger partial charge in [0.15, 0.2) is 11.6 Å². The third kappa shape index (κ3) is 2.82. The second kappa shape index (κ2) is 5.59. The molecule has 0 saturated heterocycles. The van der Waals surface area contributed by atoms with Crippen molar-refractivity contribution in [1.29, 1.82) is 0 Å². The summed E-state index contributed by atoms with van der Waals surface area (Å²) in [4.78, 5) is 17.3. The minimum atomic E-state index is -0.162. The molecule has 2 aromatic rings. The number of rotatable bonds is 2. The lowest BCUT2D eigenvalue weighted by Gasteiger charge is -2.26. The van der Waals surface area contributed by atoms with Crippen LogP contribution in [0.15, 0.2) is 24.4 Å². The minimum absolute atomic E-state index is 0.162. The molecule has 0 spiro atoms. The van der Waals surface area contributed by atoms with E-state index in [4.69, 9.17) is 5.10 Å². The van der Waals surface area contributed by atoms with E-state index in [1.807, 2.05) is 22.9 Å². The lowest BCUT2D eigenvalue weighted by atomic mass is 9.77. The van der Waals surface area contributed by atoms with Gasteiger partial charge in [0.25, 0.3) is 0 Å². The average molecular weight is 311 g/mol. The third-order valence-electron chi connectivity index (χ3n) is 4.68. The van der Waals surface area contributed by atoms with Crippen LogP contribution in [0, 0.1) is 11.8 Å². The fourth-order valence-electron chi connectivity index (χ4n) is 3.26. The third-order valence-corrected chi connectivity index (χ3v) is 4.68. The van der Waals surface area contributed by atoms with E-state index in [-0.39, 0.29) is 11.2 Å². The number of fused-ring (bicyclic) bond motifs is 1. The lowest BCUT2D eigenvalue weighted by molar-refractivity contribution is 0.0930. The first-order valence-corrected chi connectivity index (χ1v) is 8.36. The van der Waals surface area contributed by atoms with E-state index in [0.717, 1.165) is 29.2 Å². The summed E-state index contributed by atoms with van der Waals surface area (Å²) in [5, 5.41) is 4.81. The molecule has 0 amide bonds. The number of aromatic nitrogens is 3. The molecular formula is C19H25N3O. The van der Waals surface area contributed by atoms with Gasteiger partial charge in [0.05, 0.1) is 17.0 Å². The quantitative estimate of drug-likeness (QED) is 0.843. The molecule has 1 atom stereocenters. The molecule has 4 heteroatoms. The van der Waals surface area contributed by atoms with Gasteiger partial charge in [-0.2, -0.15) is 5.10 Å². The Morgan fingerprint density at radius 1 is 1.22 bits per heavy atom. The van der Waals surface area contributed by atoms with Crippen molar-refractivity contribution in [3.05, 3.63) is 41.3 Å². The molecule has 3 rings (SSSR count). The van der Waals surface area contributed by atoms with E-state index >= 15 is 0 Å². The Kier molecular flexibility index (Phi) is 3.86. The number of carbonyl (C=O) groups excluding carboxylic acids is 1. The van der Waals surface area contributed by atoms with Gasteiger partial charge in [0, 0.05) is 18.0 Å². The van der Waals surface area contributed by atoms with Gasteiger partial charge in [-0.05, 0) is 30.4 Å². The van der Waals surface area contributed by atoms with Crippen molar-refractivity contribution in [2.45, 2.75) is 52.9 Å². The summed E-state index contributed by atoms with van der Waals surface area (Å²) in [6.07, 6.45) is 3.28. The summed E-state index contributed by atoms with van der Waals surface area (Å²) in [6, 6.07) is 5.80. The first-order valence-electron chi connectivity index (χ1n) is 8.36. The highest BCUT2D eigenvalue weighted by Crippen LogP contribution is 2.37. The van der Waals surface area contributed by atoms with E-state index in [0.29, 0.717) is 18.3 Å². The van der Waals surface area contributed by atoms with E-state index in [1.54, 1.807) is 6.20 Å². The standard InChI is InChI=1S/C19H25N3O/c1-12(2)13-10-14-17(15(23)11-13)18(19(3,4)5)21-22(14)16-8-6-7-9-20-16/h6-9,12-13H,10-11H2,1-5H3. The van der Waals surface area contributed by atoms with Crippen molar-refractivity contribution in [3.63, 3.8) is 0 Å². The van der Waals surface area contributed by atoms with Crippen LogP contribution in [0.2, 0.25) is 0 Å². The Morgan fingerprint density at radius 2 is 1.96 bits per heavy atom. The second-order valence-electron chi connectivity index (χ2n) is 7.86. The van der Waals surface area contributed by atoms with Crippen molar-refractivity contribution in [3.8, 4) is 5.82 Å². The number of Topliss-reactive ketones (excluding diaryl/α,β-unsaturated/α-hetero) is 1. The number of hydrogen-bond acceptors (Lipinski definition) is 3. The van der Waals surface area contributed by atoms with Crippen LogP contribution in [0.4, 0.5) is 0 Å². The van der Waals surface area contributed by atoms with Crippen LogP contribution in [-0.4, -0.2) is 20.5 Å². The van der Waals surface area contributed by atoms with Crippen LogP contribution in [0.1, 0.15) is 62.8 Å². The fourth-order valence-corrected chi connectivity index (χ4v) is 3.26. The van der Waals surface area contributed by atoms with Crippen LogP contribution in [0.5, 0.6) is 0 Å². The Bertz CT molecular complexity index is 723. The smallest absolute Gasteiger partial charge is 0.166 e. The van der Waals surface area contributed by atoms with Gasteiger partial charge >= 0.3 is 0 Å². The Labute approximate surface area is 137 Å². The van der Waals surface area contributed by atoms with Crippen molar-refractivity contribution < 1.29 is 4.79 Å². The monoisotopic (exact) mass is 311 g/mol. The predicted octanol–water partition coefficient (Wildman–Crippen LogP) is 3.97. The molecule has 122 valence electrons. The zero-order valence-corrected chi connectivity index (χ0v) is 14.6. The maximum atomic E-state index is 12.8. The molecule has 0 bridgehead atoms. The summed E-state index contributed by atoms with van der Waals surface area (Å²) in [6.45, 7) is 10.7. The molecule has 2 heterocycles. The molecule has 0 fully saturated rings. The van der Waals surface area contributed by atoms with Gasteiger partial charge < -0.3 is 0 Å². The summed E-state index contributed by atoms with van der Waals surface area (Å²) in [5.41, 5.74) is 2.60. The van der Waals surface area contributed by atoms with Crippen LogP contribution in [-0.2, 0) is 11.8 Å². The fraction of sp³-hybridized carbons (Fsp3) is 0.526. The van der Waals surface area contributed by atoms with Gasteiger partial charge in [0.2, 0.25) is 0 Å². The average Bonchev–Trinajstić information content (AvgIpc) is 2.88. The predicted molar refractivity (Wildman–Crippen MR) is 91.0 cm³/mol. The van der Waals surface area contributed by atoms with Gasteiger partial charge in [0.1, 0.15) is 0 Å². The highest BCUT2D eigenvalue weighted by Gasteiger charge is 2.37. The minimum Gasteiger partial charge on any atom is -0.294 e. The number of carbonyl (C=O) groups is 1. The zero-order valence-electron chi connectivity index (χ0n) is 14.6. The van der Waals surface area contributed by atoms with E-state index < -0.39 is 0 Å². The zero-order chi connectivity index (χ0) is 16.8. The molecule has 0 saturated carbocycles. The number of pyridine rings is 1. The first kappa shape index (κ1) is 15.9. The summed E-state index contributed by atoms with van der Waals surface area (Å²) in [7, 11) is 0. The summed E-state index contributed by atoms with van der Waals surface area (Å²) in [5.74, 6) is 1.88. The SMILES string of the molecule is CC(C)C1CC(=O)c2c(C(C)(C)C)nn(-c3ccccn3)c2C1. The van der Waals surface area contributed by atoms with Crippen molar-refractivity contribution in [2.24, 2.45) is 11.8 Å². The van der Waals surface area contributed by atoms with Gasteiger partial charge in [-0.3, -0.25) is 4.79 Å². The Morgan fingerprint density at radius 3 is 2.52 bits per heavy atom. The second-order valence-corrected chi connectivity index (χ2v) is 7.86. The molecule has 0 aliphatic heterocycles. The maximum absolute atomic E-state index is 12.8. The van der Waals surface area contributed by atoms with E-state index in [2.05, 4.69) is 39.6 Å². The topological polar surface area (TPSA) is 47.8 Å². The van der Waals surface area contributed by atoms with Crippen LogP contribution >= 0.6 is 0 Å². The molecule has 4 nitrogen and oxygen atoms in total. The molecule has 23 heavy (non-hydrogen) atoms. The van der Waals surface area contributed by atoms with Gasteiger partial charge in [-0.25, -0.2) is 9.67 Å². The number of ketones is 1. The molecule has 1 aliphatic rings. The molecule has 1 unspecified atom stereocenters. The number of hydrogen-bond donors (Lipinski definition) is 0. The lowest BCUT2D eigenvalue weighted by Crippen LogP contribution is -2.26. The molecule has 2 aromatic heterocycles. The van der Waals surface area contributed by atoms with Gasteiger partial charge in [-0.15, -0.1) is 0 Å². The summed E-state index contributed by atoms with van der Waals surface area (Å²) >= 11 is 0. The van der Waals surface area contributed by atoms with Crippen molar-refractivity contribution >= 4 is 5.78 Å². The van der Waals surface area contributed by atoms with E-state index in [1.165, 1.54) is 0 Å². The van der Waals surface area contributed by atoms with Crippen LogP contribution < -0.4 is 0 Å². The first-order chi connectivity index (χ1) is 10.8. The van der Waals surface area contributed by atoms with Gasteiger partial charge in [-0.1, -0.05) is 40.7 Å². The van der Waals surface area contributed by atoms with E-state index in [9.17, 15) is 4.79 Å². The van der Waals surface area contributed by atoms with Crippen molar-refractivity contribution in [1.82, 2.24) is 14.8 Å². The highest BCUT2D eigenvalue weighted by atomic mass is 16.1. The van der Waals surface area contributed by atoms with Crippen LogP contribution in [0.25, 0.3) is 5.82 Å². The Balaban J connectivity index is 2.21. The molecule has 1 aliphatic carbocycles. The Hall–Kier alpha value is -1.97. The summed E-state index contributed by atoms with van der Waals surface area (Å²) < 4.78 is 1.89. The molecule has 0 N–H and O–H groups in total. The molecule has 0 aromatic carbocycles. The number of nitrogens with zero attached hydrogens (tertiary/aromatic N) is 3. The largest absolute Gasteiger partial charge is 0.294 e. The van der Waals surface area contributed by atoms with Crippen LogP contribution in [0.3, 0.4) is 0 Å². The van der Waals surface area contributed by atoms with Crippen molar-refractivity contribution in [2.75, 3.05) is 0 Å². The normalized spacial score (nSPS) is 18.3. The molecular weight excluding hydrogens is 286 g/mol. The molecule has 0 radical (unpaired) electrons.